The van der Waals surface area contributed by atoms with Gasteiger partial charge in [0.15, 0.2) is 0 Å². The Balaban J connectivity index is 1.36. The molecule has 186 valence electrons. The van der Waals surface area contributed by atoms with Crippen molar-refractivity contribution in [1.29, 1.82) is 0 Å². The molecule has 1 aromatic heterocycles. The number of aromatic nitrogens is 2. The molecule has 0 atom stereocenters. The topological polar surface area (TPSA) is 41.4 Å². The van der Waals surface area contributed by atoms with E-state index in [1.54, 1.807) is 0 Å². The lowest BCUT2D eigenvalue weighted by Crippen LogP contribution is -2.48. The van der Waals surface area contributed by atoms with Crippen LogP contribution in [0.3, 0.4) is 0 Å². The maximum Gasteiger partial charge on any atom is 0.223 e. The number of piperidine rings is 1. The van der Waals surface area contributed by atoms with Crippen molar-refractivity contribution >= 4 is 5.91 Å². The van der Waals surface area contributed by atoms with Gasteiger partial charge in [0.05, 0.1) is 11.4 Å². The highest BCUT2D eigenvalue weighted by molar-refractivity contribution is 5.76. The number of nitrogens with zero attached hydrogens (tertiary/aromatic N) is 4. The fourth-order valence-electron chi connectivity index (χ4n) is 5.93. The van der Waals surface area contributed by atoms with Crippen LogP contribution in [-0.4, -0.2) is 51.2 Å². The number of unbranched alkanes of at least 4 members (excludes halogenated alkanes) is 1. The molecular formula is C29H44N4O. The van der Waals surface area contributed by atoms with Gasteiger partial charge >= 0.3 is 0 Å². The van der Waals surface area contributed by atoms with E-state index in [0.29, 0.717) is 17.9 Å². The summed E-state index contributed by atoms with van der Waals surface area (Å²) in [5.41, 5.74) is 4.82. The van der Waals surface area contributed by atoms with Crippen molar-refractivity contribution in [3.63, 3.8) is 0 Å². The van der Waals surface area contributed by atoms with Crippen molar-refractivity contribution in [1.82, 2.24) is 19.6 Å². The largest absolute Gasteiger partial charge is 0.340 e. The molecule has 1 aliphatic heterocycles. The van der Waals surface area contributed by atoms with Crippen LogP contribution >= 0.6 is 0 Å². The Morgan fingerprint density at radius 3 is 2.41 bits per heavy atom. The fourth-order valence-corrected chi connectivity index (χ4v) is 5.93. The van der Waals surface area contributed by atoms with E-state index in [2.05, 4.69) is 59.5 Å². The third kappa shape index (κ3) is 6.10. The minimum Gasteiger partial charge on any atom is -0.340 e. The summed E-state index contributed by atoms with van der Waals surface area (Å²) in [7, 11) is 0. The molecule has 2 heterocycles. The summed E-state index contributed by atoms with van der Waals surface area (Å²) >= 11 is 0. The predicted octanol–water partition coefficient (Wildman–Crippen LogP) is 6.05. The van der Waals surface area contributed by atoms with Crippen molar-refractivity contribution in [2.45, 2.75) is 97.6 Å². The highest BCUT2D eigenvalue weighted by Crippen LogP contribution is 2.29. The smallest absolute Gasteiger partial charge is 0.223 e. The van der Waals surface area contributed by atoms with Crippen LogP contribution in [-0.2, 0) is 11.3 Å². The Labute approximate surface area is 206 Å². The Kier molecular flexibility index (Phi) is 8.82. The van der Waals surface area contributed by atoms with Gasteiger partial charge in [0.2, 0.25) is 5.91 Å². The Morgan fingerprint density at radius 1 is 1.03 bits per heavy atom. The van der Waals surface area contributed by atoms with Crippen molar-refractivity contribution in [2.75, 3.05) is 19.6 Å². The van der Waals surface area contributed by atoms with Gasteiger partial charge in [-0.25, -0.2) is 4.68 Å². The normalized spacial score (nSPS) is 18.3. The second-order valence-corrected chi connectivity index (χ2v) is 10.6. The SMILES string of the molecule is CCCCN(C(=O)CC1CCCCC1)C1CCN(Cc2c(C)nn(-c3ccccc3)c2C)CC1. The van der Waals surface area contributed by atoms with E-state index in [0.717, 1.165) is 69.7 Å². The van der Waals surface area contributed by atoms with Crippen LogP contribution in [0.15, 0.2) is 30.3 Å². The molecule has 2 aromatic rings. The van der Waals surface area contributed by atoms with Gasteiger partial charge in [0, 0.05) is 49.9 Å². The summed E-state index contributed by atoms with van der Waals surface area (Å²) in [5, 5.41) is 4.84. The second kappa shape index (κ2) is 12.0. The first kappa shape index (κ1) is 25.0. The molecule has 0 spiro atoms. The number of hydrogen-bond acceptors (Lipinski definition) is 3. The number of likely N-dealkylation sites (tertiary alicyclic amines) is 1. The van der Waals surface area contributed by atoms with Crippen molar-refractivity contribution in [3.8, 4) is 5.69 Å². The van der Waals surface area contributed by atoms with Gasteiger partial charge in [-0.1, -0.05) is 50.8 Å². The molecule has 2 aliphatic rings. The van der Waals surface area contributed by atoms with Gasteiger partial charge in [0.1, 0.15) is 0 Å². The first-order valence-corrected chi connectivity index (χ1v) is 13.7. The van der Waals surface area contributed by atoms with Crippen LogP contribution in [0, 0.1) is 19.8 Å². The molecule has 34 heavy (non-hydrogen) atoms. The van der Waals surface area contributed by atoms with Crippen molar-refractivity contribution in [2.24, 2.45) is 5.92 Å². The zero-order valence-electron chi connectivity index (χ0n) is 21.6. The van der Waals surface area contributed by atoms with E-state index < -0.39 is 0 Å². The number of para-hydroxylation sites is 1. The Bertz CT molecular complexity index is 908. The van der Waals surface area contributed by atoms with Crippen LogP contribution in [0.25, 0.3) is 5.69 Å². The predicted molar refractivity (Wildman–Crippen MR) is 139 cm³/mol. The second-order valence-electron chi connectivity index (χ2n) is 10.6. The summed E-state index contributed by atoms with van der Waals surface area (Å²) in [6.45, 7) is 10.5. The van der Waals surface area contributed by atoms with Gasteiger partial charge in [-0.05, 0) is 64.0 Å². The number of carbonyl (C=O) groups is 1. The lowest BCUT2D eigenvalue weighted by molar-refractivity contribution is -0.136. The molecule has 4 rings (SSSR count). The van der Waals surface area contributed by atoms with E-state index in [1.807, 2.05) is 6.07 Å². The summed E-state index contributed by atoms with van der Waals surface area (Å²) in [5.74, 6) is 1.05. The fraction of sp³-hybridized carbons (Fsp3) is 0.655. The standard InChI is InChI=1S/C29H44N4O/c1-4-5-18-32(29(34)21-25-12-8-6-9-13-25)26-16-19-31(20-17-26)22-28-23(2)30-33(24(28)3)27-14-10-7-11-15-27/h7,10-11,14-15,25-26H,4-6,8-9,12-13,16-22H2,1-3H3. The number of hydrogen-bond donors (Lipinski definition) is 0. The molecule has 0 bridgehead atoms. The first-order valence-electron chi connectivity index (χ1n) is 13.7. The zero-order valence-corrected chi connectivity index (χ0v) is 21.6. The van der Waals surface area contributed by atoms with Gasteiger partial charge in [-0.3, -0.25) is 9.69 Å². The molecule has 1 aliphatic carbocycles. The quantitative estimate of drug-likeness (QED) is 0.453. The molecule has 0 N–H and O–H groups in total. The van der Waals surface area contributed by atoms with E-state index in [9.17, 15) is 4.79 Å². The van der Waals surface area contributed by atoms with Crippen LogP contribution in [0.4, 0.5) is 0 Å². The van der Waals surface area contributed by atoms with Crippen LogP contribution in [0.1, 0.15) is 88.1 Å². The molecule has 1 saturated carbocycles. The molecule has 1 aromatic carbocycles. The average molecular weight is 465 g/mol. The molecule has 0 unspecified atom stereocenters. The lowest BCUT2D eigenvalue weighted by atomic mass is 9.86. The Hall–Kier alpha value is -2.14. The van der Waals surface area contributed by atoms with Crippen molar-refractivity contribution in [3.05, 3.63) is 47.3 Å². The zero-order chi connectivity index (χ0) is 23.9. The van der Waals surface area contributed by atoms with E-state index in [4.69, 9.17) is 5.10 Å². The maximum atomic E-state index is 13.3. The summed E-state index contributed by atoms with van der Waals surface area (Å²) < 4.78 is 2.08. The van der Waals surface area contributed by atoms with Crippen molar-refractivity contribution < 1.29 is 4.79 Å². The molecule has 5 heteroatoms. The number of benzene rings is 1. The molecule has 0 radical (unpaired) electrons. The molecule has 1 saturated heterocycles. The maximum absolute atomic E-state index is 13.3. The highest BCUT2D eigenvalue weighted by Gasteiger charge is 2.30. The average Bonchev–Trinajstić information content (AvgIpc) is 3.14. The monoisotopic (exact) mass is 464 g/mol. The number of aryl methyl sites for hydroxylation is 1. The number of amides is 1. The lowest BCUT2D eigenvalue weighted by Gasteiger charge is -2.39. The van der Waals surface area contributed by atoms with E-state index in [-0.39, 0.29) is 0 Å². The van der Waals surface area contributed by atoms with Crippen LogP contribution < -0.4 is 0 Å². The van der Waals surface area contributed by atoms with Gasteiger partial charge in [-0.2, -0.15) is 5.10 Å². The molecule has 1 amide bonds. The summed E-state index contributed by atoms with van der Waals surface area (Å²) in [6.07, 6.45) is 11.7. The minimum absolute atomic E-state index is 0.410. The number of carbonyl (C=O) groups excluding carboxylic acids is 1. The van der Waals surface area contributed by atoms with Gasteiger partial charge < -0.3 is 4.90 Å². The minimum atomic E-state index is 0.410. The molecular weight excluding hydrogens is 420 g/mol. The van der Waals surface area contributed by atoms with Gasteiger partial charge in [-0.15, -0.1) is 0 Å². The van der Waals surface area contributed by atoms with E-state index >= 15 is 0 Å². The van der Waals surface area contributed by atoms with E-state index in [1.165, 1.54) is 43.4 Å². The number of rotatable bonds is 9. The highest BCUT2D eigenvalue weighted by atomic mass is 16.2. The third-order valence-corrected chi connectivity index (χ3v) is 8.08. The van der Waals surface area contributed by atoms with Crippen LogP contribution in [0.5, 0.6) is 0 Å². The van der Waals surface area contributed by atoms with Gasteiger partial charge in [0.25, 0.3) is 0 Å². The Morgan fingerprint density at radius 2 is 1.74 bits per heavy atom. The summed E-state index contributed by atoms with van der Waals surface area (Å²) in [4.78, 5) is 18.2. The first-order chi connectivity index (χ1) is 16.6. The third-order valence-electron chi connectivity index (χ3n) is 8.08. The molecule has 2 fully saturated rings. The molecule has 5 nitrogen and oxygen atoms in total. The summed E-state index contributed by atoms with van der Waals surface area (Å²) in [6, 6.07) is 10.8. The van der Waals surface area contributed by atoms with Crippen LogP contribution in [0.2, 0.25) is 0 Å².